The third-order valence-corrected chi connectivity index (χ3v) is 2.46. The molecule has 1 aromatic rings. The molecule has 0 spiro atoms. The highest BCUT2D eigenvalue weighted by Crippen LogP contribution is 2.19. The zero-order valence-corrected chi connectivity index (χ0v) is 9.84. The summed E-state index contributed by atoms with van der Waals surface area (Å²) in [5.41, 5.74) is 0.940. The van der Waals surface area contributed by atoms with Gasteiger partial charge >= 0.3 is 11.9 Å². The van der Waals surface area contributed by atoms with Crippen molar-refractivity contribution in [1.82, 2.24) is 0 Å². The Balaban J connectivity index is 2.38. The molecule has 0 aromatic heterocycles. The van der Waals surface area contributed by atoms with Gasteiger partial charge in [0.1, 0.15) is 0 Å². The lowest BCUT2D eigenvalue weighted by Crippen LogP contribution is -2.30. The summed E-state index contributed by atoms with van der Waals surface area (Å²) in [6.45, 7) is 1.89. The number of Topliss-reactive ketones (excluding diaryl/α,β-unsaturated/α-hetero) is 1. The van der Waals surface area contributed by atoms with E-state index in [9.17, 15) is 14.4 Å². The Kier molecular flexibility index (Phi) is 2.93. The van der Waals surface area contributed by atoms with Crippen LogP contribution in [-0.2, 0) is 19.1 Å². The molecule has 0 saturated carbocycles. The lowest BCUT2D eigenvalue weighted by molar-refractivity contribution is -0.135. The molecule has 0 bridgehead atoms. The van der Waals surface area contributed by atoms with Crippen LogP contribution in [0.15, 0.2) is 29.4 Å². The summed E-state index contributed by atoms with van der Waals surface area (Å²) >= 11 is 0. The number of anilines is 1. The van der Waals surface area contributed by atoms with E-state index in [1.165, 1.54) is 0 Å². The maximum atomic E-state index is 11.7. The van der Waals surface area contributed by atoms with Crippen molar-refractivity contribution in [1.29, 1.82) is 0 Å². The van der Waals surface area contributed by atoms with E-state index in [1.807, 2.05) is 6.92 Å². The Bertz CT molecular complexity index is 560. The minimum Gasteiger partial charge on any atom is -0.464 e. The third-order valence-electron chi connectivity index (χ3n) is 2.46. The van der Waals surface area contributed by atoms with Gasteiger partial charge in [-0.1, -0.05) is 17.7 Å². The highest BCUT2D eigenvalue weighted by Gasteiger charge is 2.39. The second-order valence-corrected chi connectivity index (χ2v) is 3.72. The van der Waals surface area contributed by atoms with E-state index < -0.39 is 23.4 Å². The molecule has 2 rings (SSSR count). The van der Waals surface area contributed by atoms with Gasteiger partial charge in [-0.2, -0.15) is 10.1 Å². The molecule has 92 valence electrons. The number of benzene rings is 1. The lowest BCUT2D eigenvalue weighted by Gasteiger charge is -2.10. The summed E-state index contributed by atoms with van der Waals surface area (Å²) in [6, 6.07) is 6.84. The van der Waals surface area contributed by atoms with Gasteiger partial charge in [0.25, 0.3) is 5.78 Å². The van der Waals surface area contributed by atoms with Crippen LogP contribution in [-0.4, -0.2) is 30.5 Å². The number of carbonyl (C=O) groups excluding carboxylic acids is 3. The number of carbonyl (C=O) groups is 3. The summed E-state index contributed by atoms with van der Waals surface area (Å²) in [4.78, 5) is 34.5. The smallest absolute Gasteiger partial charge is 0.362 e. The van der Waals surface area contributed by atoms with Crippen molar-refractivity contribution in [2.75, 3.05) is 12.1 Å². The van der Waals surface area contributed by atoms with Crippen molar-refractivity contribution in [3.63, 3.8) is 0 Å². The topological polar surface area (TPSA) is 76.0 Å². The Morgan fingerprint density at radius 1 is 1.22 bits per heavy atom. The van der Waals surface area contributed by atoms with Crippen molar-refractivity contribution < 1.29 is 19.1 Å². The van der Waals surface area contributed by atoms with Crippen molar-refractivity contribution in [3.05, 3.63) is 29.8 Å². The summed E-state index contributed by atoms with van der Waals surface area (Å²) < 4.78 is 4.39. The number of ether oxygens (including phenoxy) is 1. The average Bonchev–Trinajstić information content (AvgIpc) is 2.67. The van der Waals surface area contributed by atoms with Crippen LogP contribution in [0.1, 0.15) is 5.56 Å². The fraction of sp³-hybridized carbons (Fsp3) is 0.167. The number of hydrogen-bond acceptors (Lipinski definition) is 5. The highest BCUT2D eigenvalue weighted by molar-refractivity contribution is 6.81. The van der Waals surface area contributed by atoms with Crippen LogP contribution < -0.4 is 5.01 Å². The molecule has 1 aromatic carbocycles. The zero-order valence-electron chi connectivity index (χ0n) is 9.84. The summed E-state index contributed by atoms with van der Waals surface area (Å²) in [7, 11) is 1.12. The normalized spacial score (nSPS) is 14.8. The van der Waals surface area contributed by atoms with Crippen LogP contribution in [0, 0.1) is 6.92 Å². The van der Waals surface area contributed by atoms with Gasteiger partial charge in [0.2, 0.25) is 5.71 Å². The molecule has 0 N–H and O–H groups in total. The fourth-order valence-electron chi connectivity index (χ4n) is 1.48. The van der Waals surface area contributed by atoms with Gasteiger partial charge in [0, 0.05) is 0 Å². The number of ketones is 1. The van der Waals surface area contributed by atoms with Crippen LogP contribution in [0.25, 0.3) is 0 Å². The molecule has 6 heteroatoms. The molecule has 0 atom stereocenters. The van der Waals surface area contributed by atoms with Crippen LogP contribution in [0.5, 0.6) is 0 Å². The Hall–Kier alpha value is -2.50. The van der Waals surface area contributed by atoms with Gasteiger partial charge in [0.15, 0.2) is 0 Å². The average molecular weight is 246 g/mol. The van der Waals surface area contributed by atoms with Gasteiger partial charge in [-0.25, -0.2) is 4.79 Å². The van der Waals surface area contributed by atoms with Crippen LogP contribution in [0.2, 0.25) is 0 Å². The van der Waals surface area contributed by atoms with Crippen molar-refractivity contribution in [2.45, 2.75) is 6.92 Å². The van der Waals surface area contributed by atoms with Crippen LogP contribution >= 0.6 is 0 Å². The van der Waals surface area contributed by atoms with E-state index >= 15 is 0 Å². The van der Waals surface area contributed by atoms with Gasteiger partial charge in [-0.05, 0) is 19.1 Å². The van der Waals surface area contributed by atoms with Crippen molar-refractivity contribution >= 4 is 29.1 Å². The molecular weight excluding hydrogens is 236 g/mol. The maximum Gasteiger partial charge on any atom is 0.362 e. The minimum absolute atomic E-state index is 0.429. The van der Waals surface area contributed by atoms with Gasteiger partial charge in [-0.15, -0.1) is 0 Å². The molecule has 0 unspecified atom stereocenters. The number of esters is 1. The number of methoxy groups -OCH3 is 1. The number of rotatable bonds is 2. The van der Waals surface area contributed by atoms with Crippen molar-refractivity contribution in [3.8, 4) is 0 Å². The Labute approximate surface area is 103 Å². The molecule has 0 radical (unpaired) electrons. The van der Waals surface area contributed by atoms with E-state index in [2.05, 4.69) is 9.84 Å². The predicted molar refractivity (Wildman–Crippen MR) is 63.1 cm³/mol. The quantitative estimate of drug-likeness (QED) is 0.560. The number of nitrogens with zero attached hydrogens (tertiary/aromatic N) is 2. The molecule has 1 aliphatic heterocycles. The van der Waals surface area contributed by atoms with Crippen LogP contribution in [0.4, 0.5) is 5.69 Å². The monoisotopic (exact) mass is 246 g/mol. The number of aryl methyl sites for hydroxylation is 1. The SMILES string of the molecule is COC(=O)C1=NN(c2ccc(C)cc2)C(=O)C1=O. The minimum atomic E-state index is -0.956. The number of amides is 1. The van der Waals surface area contributed by atoms with E-state index in [0.717, 1.165) is 17.7 Å². The molecular formula is C12H10N2O4. The largest absolute Gasteiger partial charge is 0.464 e. The molecule has 0 saturated heterocycles. The Morgan fingerprint density at radius 3 is 2.39 bits per heavy atom. The first-order valence-electron chi connectivity index (χ1n) is 5.17. The fourth-order valence-corrected chi connectivity index (χ4v) is 1.48. The predicted octanol–water partition coefficient (Wildman–Crippen LogP) is 0.440. The molecule has 1 aliphatic rings. The third kappa shape index (κ3) is 1.88. The molecule has 1 heterocycles. The number of hydrogen-bond donors (Lipinski definition) is 0. The van der Waals surface area contributed by atoms with Crippen molar-refractivity contribution in [2.24, 2.45) is 5.10 Å². The molecule has 18 heavy (non-hydrogen) atoms. The van der Waals surface area contributed by atoms with Gasteiger partial charge in [0.05, 0.1) is 12.8 Å². The first-order valence-corrected chi connectivity index (χ1v) is 5.17. The molecule has 1 amide bonds. The maximum absolute atomic E-state index is 11.7. The second kappa shape index (κ2) is 4.40. The summed E-state index contributed by atoms with van der Waals surface area (Å²) in [5.74, 6) is -2.73. The lowest BCUT2D eigenvalue weighted by atomic mass is 10.2. The van der Waals surface area contributed by atoms with E-state index in [1.54, 1.807) is 24.3 Å². The van der Waals surface area contributed by atoms with Gasteiger partial charge in [-0.3, -0.25) is 9.59 Å². The Morgan fingerprint density at radius 2 is 1.83 bits per heavy atom. The first-order chi connectivity index (χ1) is 8.54. The standard InChI is InChI=1S/C12H10N2O4/c1-7-3-5-8(6-4-7)14-11(16)10(15)9(13-14)12(17)18-2/h3-6H,1-2H3. The summed E-state index contributed by atoms with van der Waals surface area (Å²) in [6.07, 6.45) is 0. The van der Waals surface area contributed by atoms with Crippen LogP contribution in [0.3, 0.4) is 0 Å². The van der Waals surface area contributed by atoms with E-state index in [0.29, 0.717) is 5.69 Å². The summed E-state index contributed by atoms with van der Waals surface area (Å²) in [5, 5.41) is 4.59. The van der Waals surface area contributed by atoms with E-state index in [-0.39, 0.29) is 0 Å². The number of hydrazone groups is 1. The highest BCUT2D eigenvalue weighted by atomic mass is 16.5. The molecule has 6 nitrogen and oxygen atoms in total. The molecule has 0 fully saturated rings. The second-order valence-electron chi connectivity index (χ2n) is 3.72. The van der Waals surface area contributed by atoms with E-state index in [4.69, 9.17) is 0 Å². The zero-order chi connectivity index (χ0) is 13.3. The molecule has 0 aliphatic carbocycles. The first kappa shape index (κ1) is 12.0. The van der Waals surface area contributed by atoms with Gasteiger partial charge < -0.3 is 4.74 Å².